The molecular formula is C23H27N3O3. The maximum Gasteiger partial charge on any atom is 0.322 e. The van der Waals surface area contributed by atoms with Crippen LogP contribution in [0.15, 0.2) is 58.3 Å². The molecule has 1 aliphatic carbocycles. The lowest BCUT2D eigenvalue weighted by Crippen LogP contribution is -2.44. The van der Waals surface area contributed by atoms with Crippen LogP contribution in [0.1, 0.15) is 51.8 Å². The molecule has 2 heterocycles. The predicted molar refractivity (Wildman–Crippen MR) is 113 cm³/mol. The van der Waals surface area contributed by atoms with Gasteiger partial charge < -0.3 is 15.1 Å². The van der Waals surface area contributed by atoms with Crippen molar-refractivity contribution in [2.45, 2.75) is 46.1 Å². The summed E-state index contributed by atoms with van der Waals surface area (Å²) in [5.74, 6) is 0.627. The maximum atomic E-state index is 13.3. The number of hydrogen-bond acceptors (Lipinski definition) is 4. The minimum atomic E-state index is -0.614. The highest BCUT2D eigenvalue weighted by Gasteiger charge is 2.44. The van der Waals surface area contributed by atoms with Crippen molar-refractivity contribution in [2.75, 3.05) is 16.8 Å². The summed E-state index contributed by atoms with van der Waals surface area (Å²) >= 11 is 0. The summed E-state index contributed by atoms with van der Waals surface area (Å²) in [5, 5.41) is 6.45. The number of furan rings is 1. The average Bonchev–Trinajstić information content (AvgIpc) is 3.15. The second-order valence-electron chi connectivity index (χ2n) is 8.50. The molecule has 0 saturated carbocycles. The Kier molecular flexibility index (Phi) is 4.94. The van der Waals surface area contributed by atoms with Gasteiger partial charge in [-0.25, -0.2) is 4.79 Å². The van der Waals surface area contributed by atoms with Crippen LogP contribution in [0.2, 0.25) is 0 Å². The van der Waals surface area contributed by atoms with Gasteiger partial charge in [0.15, 0.2) is 5.78 Å². The fourth-order valence-corrected chi connectivity index (χ4v) is 4.24. The van der Waals surface area contributed by atoms with Gasteiger partial charge in [-0.15, -0.1) is 0 Å². The Morgan fingerprint density at radius 3 is 2.76 bits per heavy atom. The van der Waals surface area contributed by atoms with Crippen LogP contribution < -0.4 is 15.5 Å². The van der Waals surface area contributed by atoms with E-state index in [2.05, 4.69) is 24.5 Å². The quantitative estimate of drug-likeness (QED) is 0.768. The number of urea groups is 1. The number of amides is 2. The van der Waals surface area contributed by atoms with E-state index in [0.717, 1.165) is 29.9 Å². The van der Waals surface area contributed by atoms with Gasteiger partial charge in [0.25, 0.3) is 0 Å². The largest absolute Gasteiger partial charge is 0.467 e. The van der Waals surface area contributed by atoms with E-state index in [1.165, 1.54) is 0 Å². The number of Topliss-reactive ketones (excluding diaryl/α,β-unsaturated/α-hetero) is 1. The van der Waals surface area contributed by atoms with Crippen LogP contribution in [0.25, 0.3) is 0 Å². The number of allylic oxidation sites excluding steroid dienone is 1. The highest BCUT2D eigenvalue weighted by Crippen LogP contribution is 2.48. The average molecular weight is 393 g/mol. The van der Waals surface area contributed by atoms with Crippen LogP contribution in [0.3, 0.4) is 0 Å². The van der Waals surface area contributed by atoms with Crippen LogP contribution in [-0.2, 0) is 4.79 Å². The number of ketones is 1. The lowest BCUT2D eigenvalue weighted by molar-refractivity contribution is -0.118. The second kappa shape index (κ2) is 7.43. The third-order valence-electron chi connectivity index (χ3n) is 5.46. The summed E-state index contributed by atoms with van der Waals surface area (Å²) < 4.78 is 5.74. The molecule has 2 amide bonds. The molecule has 1 aliphatic heterocycles. The molecule has 0 fully saturated rings. The standard InChI is InChI=1S/C23H27N3O3/c1-4-11-24-22(28)26-17-9-6-5-8-15(17)25-16-13-23(2,3)14-18(27)20(16)21(26)19-10-7-12-29-19/h5-10,12,21,25H,4,11,13-14H2,1-3H3,(H,24,28). The number of nitrogens with zero attached hydrogens (tertiary/aromatic N) is 1. The molecule has 1 aromatic carbocycles. The first-order chi connectivity index (χ1) is 13.9. The van der Waals surface area contributed by atoms with Crippen molar-refractivity contribution in [2.24, 2.45) is 5.41 Å². The Morgan fingerprint density at radius 1 is 1.24 bits per heavy atom. The molecule has 0 saturated heterocycles. The van der Waals surface area contributed by atoms with E-state index >= 15 is 0 Å². The van der Waals surface area contributed by atoms with Crippen molar-refractivity contribution in [1.29, 1.82) is 0 Å². The Labute approximate surface area is 171 Å². The molecule has 0 spiro atoms. The predicted octanol–water partition coefficient (Wildman–Crippen LogP) is 5.02. The number of anilines is 2. The van der Waals surface area contributed by atoms with E-state index in [0.29, 0.717) is 24.3 Å². The summed E-state index contributed by atoms with van der Waals surface area (Å²) in [5.41, 5.74) is 2.87. The third-order valence-corrected chi connectivity index (χ3v) is 5.46. The molecule has 0 bridgehead atoms. The first kappa shape index (κ1) is 19.3. The fraction of sp³-hybridized carbons (Fsp3) is 0.391. The van der Waals surface area contributed by atoms with Gasteiger partial charge in [0, 0.05) is 24.2 Å². The van der Waals surface area contributed by atoms with Crippen molar-refractivity contribution in [3.8, 4) is 0 Å². The minimum Gasteiger partial charge on any atom is -0.467 e. The normalized spacial score (nSPS) is 20.4. The molecule has 1 aromatic heterocycles. The van der Waals surface area contributed by atoms with Gasteiger partial charge in [0.2, 0.25) is 0 Å². The number of benzene rings is 1. The fourth-order valence-electron chi connectivity index (χ4n) is 4.24. The van der Waals surface area contributed by atoms with Gasteiger partial charge in [-0.2, -0.15) is 0 Å². The monoisotopic (exact) mass is 393 g/mol. The van der Waals surface area contributed by atoms with Crippen LogP contribution in [0.5, 0.6) is 0 Å². The number of nitrogens with one attached hydrogen (secondary N) is 2. The van der Waals surface area contributed by atoms with Crippen molar-refractivity contribution in [3.63, 3.8) is 0 Å². The van der Waals surface area contributed by atoms with Crippen molar-refractivity contribution in [3.05, 3.63) is 59.7 Å². The van der Waals surface area contributed by atoms with Gasteiger partial charge in [-0.3, -0.25) is 9.69 Å². The number of carbonyl (C=O) groups is 2. The van der Waals surface area contributed by atoms with Crippen LogP contribution in [-0.4, -0.2) is 18.4 Å². The van der Waals surface area contributed by atoms with Gasteiger partial charge in [-0.05, 0) is 42.5 Å². The van der Waals surface area contributed by atoms with Gasteiger partial charge in [-0.1, -0.05) is 32.9 Å². The summed E-state index contributed by atoms with van der Waals surface area (Å²) in [6, 6.07) is 10.4. The first-order valence-electron chi connectivity index (χ1n) is 10.1. The lowest BCUT2D eigenvalue weighted by atomic mass is 9.74. The van der Waals surface area contributed by atoms with E-state index in [-0.39, 0.29) is 17.2 Å². The Balaban J connectivity index is 1.94. The van der Waals surface area contributed by atoms with Crippen molar-refractivity contribution >= 4 is 23.2 Å². The molecule has 2 aromatic rings. The molecular weight excluding hydrogens is 366 g/mol. The van der Waals surface area contributed by atoms with E-state index < -0.39 is 6.04 Å². The Morgan fingerprint density at radius 2 is 2.03 bits per heavy atom. The molecule has 2 N–H and O–H groups in total. The number of para-hydroxylation sites is 2. The summed E-state index contributed by atoms with van der Waals surface area (Å²) in [4.78, 5) is 28.3. The van der Waals surface area contributed by atoms with Crippen LogP contribution in [0, 0.1) is 5.41 Å². The minimum absolute atomic E-state index is 0.0475. The van der Waals surface area contributed by atoms with Crippen LogP contribution in [0.4, 0.5) is 16.2 Å². The summed E-state index contributed by atoms with van der Waals surface area (Å²) in [7, 11) is 0. The lowest BCUT2D eigenvalue weighted by Gasteiger charge is -2.36. The molecule has 2 aliphatic rings. The zero-order valence-electron chi connectivity index (χ0n) is 17.1. The Hall–Kier alpha value is -3.02. The van der Waals surface area contributed by atoms with Gasteiger partial charge in [0.05, 0.1) is 17.6 Å². The smallest absolute Gasteiger partial charge is 0.322 e. The first-order valence-corrected chi connectivity index (χ1v) is 10.1. The van der Waals surface area contributed by atoms with Crippen LogP contribution >= 0.6 is 0 Å². The Bertz CT molecular complexity index is 960. The molecule has 29 heavy (non-hydrogen) atoms. The SMILES string of the molecule is CCCNC(=O)N1c2ccccc2NC2=C(C(=O)CC(C)(C)C2)C1c1ccco1. The van der Waals surface area contributed by atoms with Crippen molar-refractivity contribution in [1.82, 2.24) is 5.32 Å². The topological polar surface area (TPSA) is 74.6 Å². The molecule has 1 atom stereocenters. The van der Waals surface area contributed by atoms with Crippen molar-refractivity contribution < 1.29 is 14.0 Å². The van der Waals surface area contributed by atoms with E-state index in [1.807, 2.05) is 37.3 Å². The zero-order valence-corrected chi connectivity index (χ0v) is 17.1. The zero-order chi connectivity index (χ0) is 20.6. The molecule has 0 radical (unpaired) electrons. The van der Waals surface area contributed by atoms with E-state index in [9.17, 15) is 9.59 Å². The number of carbonyl (C=O) groups excluding carboxylic acids is 2. The highest BCUT2D eigenvalue weighted by molar-refractivity contribution is 6.05. The molecule has 4 rings (SSSR count). The summed E-state index contributed by atoms with van der Waals surface area (Å²) in [6.07, 6.45) is 3.57. The highest BCUT2D eigenvalue weighted by atomic mass is 16.3. The summed E-state index contributed by atoms with van der Waals surface area (Å²) in [6.45, 7) is 6.76. The van der Waals surface area contributed by atoms with Gasteiger partial charge >= 0.3 is 6.03 Å². The van der Waals surface area contributed by atoms with E-state index in [4.69, 9.17) is 4.42 Å². The van der Waals surface area contributed by atoms with Gasteiger partial charge in [0.1, 0.15) is 11.8 Å². The maximum absolute atomic E-state index is 13.3. The molecule has 6 nitrogen and oxygen atoms in total. The number of hydrogen-bond donors (Lipinski definition) is 2. The van der Waals surface area contributed by atoms with E-state index in [1.54, 1.807) is 17.2 Å². The molecule has 152 valence electrons. The molecule has 6 heteroatoms. The second-order valence-corrected chi connectivity index (χ2v) is 8.50. The third kappa shape index (κ3) is 3.55. The molecule has 1 unspecified atom stereocenters. The number of fused-ring (bicyclic) bond motifs is 1. The number of rotatable bonds is 3.